The monoisotopic (exact) mass is 549 g/mol. The van der Waals surface area contributed by atoms with E-state index in [1.165, 1.54) is 19.2 Å². The summed E-state index contributed by atoms with van der Waals surface area (Å²) in [6.45, 7) is 3.44. The molecule has 2 aromatic carbocycles. The van der Waals surface area contributed by atoms with Gasteiger partial charge in [-0.25, -0.2) is 0 Å². The molecule has 38 heavy (non-hydrogen) atoms. The van der Waals surface area contributed by atoms with Crippen molar-refractivity contribution in [2.45, 2.75) is 75.8 Å². The maximum atomic E-state index is 13.6. The van der Waals surface area contributed by atoms with Crippen LogP contribution in [0.3, 0.4) is 0 Å². The van der Waals surface area contributed by atoms with Crippen LogP contribution >= 0.6 is 12.4 Å². The highest BCUT2D eigenvalue weighted by molar-refractivity contribution is 6.31. The third-order valence-corrected chi connectivity index (χ3v) is 7.88. The summed E-state index contributed by atoms with van der Waals surface area (Å²) in [4.78, 5) is 27.1. The molecule has 1 aliphatic heterocycles. The first-order chi connectivity index (χ1) is 17.5. The zero-order valence-corrected chi connectivity index (χ0v) is 22.1. The van der Waals surface area contributed by atoms with Crippen molar-refractivity contribution in [3.05, 3.63) is 51.6 Å². The Morgan fingerprint density at radius 1 is 1.13 bits per heavy atom. The van der Waals surface area contributed by atoms with Gasteiger partial charge in [0.25, 0.3) is 0 Å². The lowest BCUT2D eigenvalue weighted by molar-refractivity contribution is -0.247. The molecule has 6 N–H and O–H groups in total. The van der Waals surface area contributed by atoms with E-state index in [1.54, 1.807) is 19.9 Å². The Balaban J connectivity index is 0.00000336. The lowest BCUT2D eigenvalue weighted by Gasteiger charge is -2.42. The molecule has 11 heteroatoms. The molecule has 10 nitrogen and oxygen atoms in total. The highest BCUT2D eigenvalue weighted by Gasteiger charge is 2.47. The molecule has 206 valence electrons. The van der Waals surface area contributed by atoms with Crippen LogP contribution in [0.5, 0.6) is 17.2 Å². The first-order valence-electron chi connectivity index (χ1n) is 12.3. The number of fused-ring (bicyclic) bond motifs is 3. The SMILES string of the molecule is CC[C@]1(O)Cc2c(O)c3c(c(O)c2[C@@H](OC2CC(N)C(O)C(C)O2)C1)C(=O)c1c(OC)cccc1C3=O.Cl. The minimum atomic E-state index is -1.32. The van der Waals surface area contributed by atoms with Crippen LogP contribution in [0.15, 0.2) is 18.2 Å². The minimum Gasteiger partial charge on any atom is -0.507 e. The highest BCUT2D eigenvalue weighted by Crippen LogP contribution is 2.52. The number of phenols is 2. The molecule has 5 rings (SSSR count). The number of aliphatic hydroxyl groups is 2. The van der Waals surface area contributed by atoms with E-state index >= 15 is 0 Å². The second kappa shape index (κ2) is 10.1. The number of hydrogen-bond donors (Lipinski definition) is 5. The number of carbonyl (C=O) groups excluding carboxylic acids is 2. The third-order valence-electron chi connectivity index (χ3n) is 7.88. The lowest BCUT2D eigenvalue weighted by atomic mass is 9.72. The average molecular weight is 550 g/mol. The quantitative estimate of drug-likeness (QED) is 0.304. The maximum Gasteiger partial charge on any atom is 0.202 e. The van der Waals surface area contributed by atoms with E-state index in [4.69, 9.17) is 19.9 Å². The maximum absolute atomic E-state index is 13.6. The molecule has 1 fully saturated rings. The predicted octanol–water partition coefficient (Wildman–Crippen LogP) is 2.27. The Kier molecular flexibility index (Phi) is 7.52. The van der Waals surface area contributed by atoms with Crippen molar-refractivity contribution in [1.82, 2.24) is 0 Å². The van der Waals surface area contributed by atoms with Crippen LogP contribution in [-0.4, -0.2) is 69.2 Å². The number of aliphatic hydroxyl groups excluding tert-OH is 1. The fourth-order valence-electron chi connectivity index (χ4n) is 5.74. The number of benzene rings is 2. The molecule has 0 radical (unpaired) electrons. The molecule has 2 aromatic rings. The van der Waals surface area contributed by atoms with Crippen molar-refractivity contribution in [3.8, 4) is 17.2 Å². The molecular weight excluding hydrogens is 518 g/mol. The summed E-state index contributed by atoms with van der Waals surface area (Å²) >= 11 is 0. The molecule has 0 aromatic heterocycles. The van der Waals surface area contributed by atoms with Crippen LogP contribution in [0, 0.1) is 0 Å². The molecule has 2 aliphatic carbocycles. The van der Waals surface area contributed by atoms with Gasteiger partial charge in [0.1, 0.15) is 17.2 Å². The van der Waals surface area contributed by atoms with Gasteiger partial charge >= 0.3 is 0 Å². The van der Waals surface area contributed by atoms with Crippen LogP contribution in [0.4, 0.5) is 0 Å². The summed E-state index contributed by atoms with van der Waals surface area (Å²) in [5, 5.41) is 44.3. The fraction of sp³-hybridized carbons (Fsp3) is 0.481. The Bertz CT molecular complexity index is 1290. The van der Waals surface area contributed by atoms with Gasteiger partial charge in [0.2, 0.25) is 5.78 Å². The van der Waals surface area contributed by atoms with Gasteiger partial charge < -0.3 is 40.4 Å². The summed E-state index contributed by atoms with van der Waals surface area (Å²) < 4.78 is 17.3. The number of nitrogens with two attached hydrogens (primary N) is 1. The van der Waals surface area contributed by atoms with Crippen molar-refractivity contribution in [3.63, 3.8) is 0 Å². The Morgan fingerprint density at radius 2 is 1.82 bits per heavy atom. The lowest BCUT2D eigenvalue weighted by Crippen LogP contribution is -2.52. The van der Waals surface area contributed by atoms with Gasteiger partial charge in [-0.1, -0.05) is 19.1 Å². The number of carbonyl (C=O) groups is 2. The number of ether oxygens (including phenoxy) is 3. The number of phenolic OH excluding ortho intramolecular Hbond substituents is 2. The summed E-state index contributed by atoms with van der Waals surface area (Å²) in [6.07, 6.45) is -2.93. The highest BCUT2D eigenvalue weighted by atomic mass is 35.5. The number of ketones is 2. The molecule has 0 saturated carbocycles. The summed E-state index contributed by atoms with van der Waals surface area (Å²) in [7, 11) is 1.37. The van der Waals surface area contributed by atoms with Gasteiger partial charge in [0, 0.05) is 42.0 Å². The standard InChI is InChI=1S/C27H31NO9.ClH/c1-4-27(34)9-13-19(16(10-27)37-17-8-14(28)22(29)11(2)36-17)26(33)21-20(24(13)31)23(30)12-6-5-7-15(35-3)18(12)25(21)32;/h5-7,11,14,16-17,22,29,31,33-34H,4,8-10,28H2,1-3H3;1H/t11?,14?,16-,17?,22?,27-;/m0./s1. The van der Waals surface area contributed by atoms with Gasteiger partial charge in [-0.3, -0.25) is 9.59 Å². The Labute approximate surface area is 225 Å². The molecule has 6 atom stereocenters. The van der Waals surface area contributed by atoms with E-state index in [9.17, 15) is 30.0 Å². The summed E-state index contributed by atoms with van der Waals surface area (Å²) in [5.74, 6) is -2.09. The Morgan fingerprint density at radius 3 is 2.45 bits per heavy atom. The van der Waals surface area contributed by atoms with Crippen LogP contribution in [-0.2, 0) is 15.9 Å². The van der Waals surface area contributed by atoms with Gasteiger partial charge in [-0.05, 0) is 19.4 Å². The van der Waals surface area contributed by atoms with Gasteiger partial charge in [-0.15, -0.1) is 12.4 Å². The first kappa shape index (κ1) is 28.3. The topological polar surface area (TPSA) is 169 Å². The molecule has 1 heterocycles. The van der Waals surface area contributed by atoms with Crippen molar-refractivity contribution >= 4 is 24.0 Å². The zero-order chi connectivity index (χ0) is 26.8. The second-order valence-electron chi connectivity index (χ2n) is 10.1. The molecular formula is C27H32ClNO9. The van der Waals surface area contributed by atoms with Gasteiger partial charge in [-0.2, -0.15) is 0 Å². The van der Waals surface area contributed by atoms with Gasteiger partial charge in [0.15, 0.2) is 12.1 Å². The smallest absolute Gasteiger partial charge is 0.202 e. The zero-order valence-electron chi connectivity index (χ0n) is 21.3. The van der Waals surface area contributed by atoms with Crippen molar-refractivity contribution in [2.24, 2.45) is 5.73 Å². The van der Waals surface area contributed by atoms with Crippen molar-refractivity contribution in [2.75, 3.05) is 7.11 Å². The van der Waals surface area contributed by atoms with Crippen LogP contribution in [0.2, 0.25) is 0 Å². The second-order valence-corrected chi connectivity index (χ2v) is 10.1. The molecule has 0 amide bonds. The number of halogens is 1. The first-order valence-corrected chi connectivity index (χ1v) is 12.3. The number of aromatic hydroxyl groups is 2. The van der Waals surface area contributed by atoms with E-state index in [0.29, 0.717) is 6.42 Å². The van der Waals surface area contributed by atoms with E-state index in [-0.39, 0.29) is 70.8 Å². The summed E-state index contributed by atoms with van der Waals surface area (Å²) in [5.41, 5.74) is 4.39. The number of hydrogen-bond acceptors (Lipinski definition) is 10. The number of methoxy groups -OCH3 is 1. The predicted molar refractivity (Wildman–Crippen MR) is 137 cm³/mol. The van der Waals surface area contributed by atoms with Crippen LogP contribution in [0.1, 0.15) is 82.2 Å². The third kappa shape index (κ3) is 4.25. The average Bonchev–Trinajstić information content (AvgIpc) is 2.87. The fourth-order valence-corrected chi connectivity index (χ4v) is 5.74. The molecule has 1 saturated heterocycles. The molecule has 0 spiro atoms. The van der Waals surface area contributed by atoms with E-state index in [2.05, 4.69) is 0 Å². The van der Waals surface area contributed by atoms with E-state index in [0.717, 1.165) is 0 Å². The van der Waals surface area contributed by atoms with Crippen LogP contribution < -0.4 is 10.5 Å². The van der Waals surface area contributed by atoms with E-state index < -0.39 is 59.3 Å². The van der Waals surface area contributed by atoms with Crippen molar-refractivity contribution in [1.29, 1.82) is 0 Å². The molecule has 0 bridgehead atoms. The van der Waals surface area contributed by atoms with Crippen LogP contribution in [0.25, 0.3) is 0 Å². The number of rotatable bonds is 4. The van der Waals surface area contributed by atoms with E-state index in [1.807, 2.05) is 0 Å². The molecule has 3 aliphatic rings. The molecule has 4 unspecified atom stereocenters. The normalized spacial score (nSPS) is 30.1. The Hall–Kier alpha value is -2.73. The van der Waals surface area contributed by atoms with Crippen molar-refractivity contribution < 1.29 is 44.2 Å². The minimum absolute atomic E-state index is 0. The van der Waals surface area contributed by atoms with Gasteiger partial charge in [0.05, 0.1) is 47.7 Å². The largest absolute Gasteiger partial charge is 0.507 e. The summed E-state index contributed by atoms with van der Waals surface area (Å²) in [6, 6.07) is 3.95.